The number of ether oxygens (including phenoxy) is 1. The van der Waals surface area contributed by atoms with Crippen LogP contribution >= 0.6 is 0 Å². The van der Waals surface area contributed by atoms with Crippen LogP contribution in [0.3, 0.4) is 0 Å². The summed E-state index contributed by atoms with van der Waals surface area (Å²) < 4.78 is 6.50. The van der Waals surface area contributed by atoms with Gasteiger partial charge in [-0.1, -0.05) is 0 Å². The molecule has 0 radical (unpaired) electrons. The summed E-state index contributed by atoms with van der Waals surface area (Å²) in [7, 11) is 1.35. The predicted octanol–water partition coefficient (Wildman–Crippen LogP) is -2.69. The molecule has 4 N–H and O–H groups in total. The van der Waals surface area contributed by atoms with E-state index in [9.17, 15) is 14.7 Å². The van der Waals surface area contributed by atoms with Crippen molar-refractivity contribution in [2.45, 2.75) is 24.5 Å². The number of rotatable bonds is 4. The van der Waals surface area contributed by atoms with E-state index < -0.39 is 42.3 Å². The third-order valence-electron chi connectivity index (χ3n) is 2.93. The van der Waals surface area contributed by atoms with Crippen molar-refractivity contribution in [3.05, 3.63) is 33.1 Å². The number of H-pyrrole nitrogens is 1. The van der Waals surface area contributed by atoms with Gasteiger partial charge in [-0.05, 0) is 0 Å². The van der Waals surface area contributed by atoms with Gasteiger partial charge in [0.2, 0.25) is 0 Å². The van der Waals surface area contributed by atoms with E-state index in [0.29, 0.717) is 0 Å². The van der Waals surface area contributed by atoms with Crippen LogP contribution in [0.1, 0.15) is 6.23 Å². The maximum Gasteiger partial charge on any atom is 0.330 e. The summed E-state index contributed by atoms with van der Waals surface area (Å²) in [5.41, 5.74) is 1.30. The quantitative estimate of drug-likeness (QED) is 0.440. The summed E-state index contributed by atoms with van der Waals surface area (Å²) in [6.45, 7) is -0.405. The maximum absolute atomic E-state index is 11.7. The van der Waals surface area contributed by atoms with Crippen molar-refractivity contribution in [2.75, 3.05) is 13.7 Å². The molecule has 0 aromatic carbocycles. The Morgan fingerprint density at radius 1 is 1.58 bits per heavy atom. The van der Waals surface area contributed by atoms with E-state index in [1.165, 1.54) is 13.3 Å². The van der Waals surface area contributed by atoms with Crippen LogP contribution in [0.25, 0.3) is 0 Å². The van der Waals surface area contributed by atoms with Crippen LogP contribution in [0.2, 0.25) is 0 Å². The summed E-state index contributed by atoms with van der Waals surface area (Å²) in [5.74, 6) is 0. The van der Waals surface area contributed by atoms with Gasteiger partial charge in [0.15, 0.2) is 6.23 Å². The fourth-order valence-electron chi connectivity index (χ4n) is 2.03. The van der Waals surface area contributed by atoms with Crippen molar-refractivity contribution in [1.29, 1.82) is 0 Å². The standard InChI is InChI=1S/C10H15N3O6/c1-18-12-7-8(16)5(4-14)19-9(7)13-3-2-6(15)11-10(13)17/h2-3,5,7-9,12,14,16H,4H2,1H3,(H,11,15,17)/t5-,7?,8?,9-/m0/s1. The number of aromatic amines is 1. The monoisotopic (exact) mass is 273 g/mol. The van der Waals surface area contributed by atoms with Crippen LogP contribution in [0.5, 0.6) is 0 Å². The number of aliphatic hydroxyl groups excluding tert-OH is 2. The van der Waals surface area contributed by atoms with E-state index in [-0.39, 0.29) is 0 Å². The molecule has 1 aromatic rings. The van der Waals surface area contributed by atoms with Gasteiger partial charge in [-0.15, -0.1) is 0 Å². The zero-order chi connectivity index (χ0) is 14.0. The van der Waals surface area contributed by atoms with Crippen molar-refractivity contribution < 1.29 is 19.8 Å². The first-order valence-electron chi connectivity index (χ1n) is 5.63. The lowest BCUT2D eigenvalue weighted by molar-refractivity contribution is -0.0524. The smallest absolute Gasteiger partial charge is 0.330 e. The third kappa shape index (κ3) is 2.60. The molecule has 0 aliphatic carbocycles. The largest absolute Gasteiger partial charge is 0.394 e. The van der Waals surface area contributed by atoms with Crippen LogP contribution in [0.15, 0.2) is 21.9 Å². The molecule has 2 heterocycles. The zero-order valence-corrected chi connectivity index (χ0v) is 10.1. The van der Waals surface area contributed by atoms with Crippen molar-refractivity contribution in [1.82, 2.24) is 15.0 Å². The topological polar surface area (TPSA) is 126 Å². The van der Waals surface area contributed by atoms with Crippen molar-refractivity contribution >= 4 is 0 Å². The summed E-state index contributed by atoms with van der Waals surface area (Å²) in [4.78, 5) is 29.5. The Bertz CT molecular complexity index is 541. The second kappa shape index (κ2) is 5.63. The first-order chi connectivity index (χ1) is 9.08. The lowest BCUT2D eigenvalue weighted by atomic mass is 10.1. The Morgan fingerprint density at radius 3 is 2.89 bits per heavy atom. The average molecular weight is 273 g/mol. The van der Waals surface area contributed by atoms with Crippen LogP contribution in [0, 0.1) is 0 Å². The minimum absolute atomic E-state index is 0.405. The molecule has 4 atom stereocenters. The summed E-state index contributed by atoms with van der Waals surface area (Å²) in [5, 5.41) is 19.0. The first-order valence-corrected chi connectivity index (χ1v) is 5.63. The Labute approximate surface area is 107 Å². The predicted molar refractivity (Wildman–Crippen MR) is 62.3 cm³/mol. The van der Waals surface area contributed by atoms with Gasteiger partial charge >= 0.3 is 5.69 Å². The number of aromatic nitrogens is 2. The van der Waals surface area contributed by atoms with E-state index in [4.69, 9.17) is 14.7 Å². The van der Waals surface area contributed by atoms with Gasteiger partial charge in [-0.25, -0.2) is 4.79 Å². The minimum atomic E-state index is -1.06. The van der Waals surface area contributed by atoms with Gasteiger partial charge < -0.3 is 19.8 Å². The molecular formula is C10H15N3O6. The molecule has 2 unspecified atom stereocenters. The number of nitrogens with one attached hydrogen (secondary N) is 2. The lowest BCUT2D eigenvalue weighted by Crippen LogP contribution is -2.45. The molecule has 0 amide bonds. The van der Waals surface area contributed by atoms with E-state index in [0.717, 1.165) is 10.6 Å². The molecule has 0 spiro atoms. The van der Waals surface area contributed by atoms with Crippen molar-refractivity contribution in [3.8, 4) is 0 Å². The highest BCUT2D eigenvalue weighted by Gasteiger charge is 2.44. The van der Waals surface area contributed by atoms with Crippen LogP contribution in [-0.2, 0) is 9.57 Å². The maximum atomic E-state index is 11.7. The highest BCUT2D eigenvalue weighted by atomic mass is 16.6. The van der Waals surface area contributed by atoms with E-state index in [1.54, 1.807) is 0 Å². The third-order valence-corrected chi connectivity index (χ3v) is 2.93. The second-order valence-corrected chi connectivity index (χ2v) is 4.10. The molecule has 0 saturated carbocycles. The molecule has 0 bridgehead atoms. The lowest BCUT2D eigenvalue weighted by Gasteiger charge is -2.21. The molecule has 1 saturated heterocycles. The van der Waals surface area contributed by atoms with Gasteiger partial charge in [0.1, 0.15) is 18.2 Å². The Hall–Kier alpha value is -1.52. The van der Waals surface area contributed by atoms with Gasteiger partial charge in [-0.3, -0.25) is 14.3 Å². The molecule has 9 nitrogen and oxygen atoms in total. The van der Waals surface area contributed by atoms with Crippen LogP contribution in [0.4, 0.5) is 0 Å². The highest BCUT2D eigenvalue weighted by molar-refractivity contribution is 4.95. The van der Waals surface area contributed by atoms with Crippen molar-refractivity contribution in [3.63, 3.8) is 0 Å². The second-order valence-electron chi connectivity index (χ2n) is 4.10. The average Bonchev–Trinajstić information content (AvgIpc) is 2.68. The molecule has 9 heteroatoms. The van der Waals surface area contributed by atoms with Gasteiger partial charge in [-0.2, -0.15) is 5.48 Å². The number of hydrogen-bond acceptors (Lipinski definition) is 7. The molecule has 106 valence electrons. The molecule has 1 fully saturated rings. The Balaban J connectivity index is 2.36. The minimum Gasteiger partial charge on any atom is -0.394 e. The SMILES string of the molecule is CONC1C(O)[C@H](CO)O[C@@H]1n1ccc(=O)[nH]c1=O. The van der Waals surface area contributed by atoms with E-state index >= 15 is 0 Å². The normalized spacial score (nSPS) is 30.7. The fourth-order valence-corrected chi connectivity index (χ4v) is 2.03. The number of nitrogens with zero attached hydrogens (tertiary/aromatic N) is 1. The van der Waals surface area contributed by atoms with Gasteiger partial charge in [0.05, 0.1) is 13.7 Å². The zero-order valence-electron chi connectivity index (χ0n) is 10.1. The summed E-state index contributed by atoms with van der Waals surface area (Å²) in [6, 6.07) is 0.401. The number of hydrogen-bond donors (Lipinski definition) is 4. The van der Waals surface area contributed by atoms with Crippen molar-refractivity contribution in [2.24, 2.45) is 0 Å². The highest BCUT2D eigenvalue weighted by Crippen LogP contribution is 2.27. The molecule has 1 aliphatic rings. The molecule has 1 aliphatic heterocycles. The number of aliphatic hydroxyl groups is 2. The summed E-state index contributed by atoms with van der Waals surface area (Å²) in [6.07, 6.45) is -1.57. The molecule has 19 heavy (non-hydrogen) atoms. The fraction of sp³-hybridized carbons (Fsp3) is 0.600. The Morgan fingerprint density at radius 2 is 2.32 bits per heavy atom. The molecule has 2 rings (SSSR count). The summed E-state index contributed by atoms with van der Waals surface area (Å²) >= 11 is 0. The van der Waals surface area contributed by atoms with Crippen LogP contribution in [-0.4, -0.2) is 51.7 Å². The molecule has 1 aromatic heterocycles. The Kier molecular flexibility index (Phi) is 4.12. The molecular weight excluding hydrogens is 258 g/mol. The van der Waals surface area contributed by atoms with Gasteiger partial charge in [0.25, 0.3) is 5.56 Å². The van der Waals surface area contributed by atoms with E-state index in [2.05, 4.69) is 10.5 Å². The van der Waals surface area contributed by atoms with Gasteiger partial charge in [0, 0.05) is 12.3 Å². The first kappa shape index (κ1) is 13.9. The van der Waals surface area contributed by atoms with Crippen LogP contribution < -0.4 is 16.7 Å². The number of hydroxylamine groups is 1. The van der Waals surface area contributed by atoms with E-state index in [1.807, 2.05) is 0 Å².